The first kappa shape index (κ1) is 11.7. The second kappa shape index (κ2) is 5.53. The molecule has 2 heterocycles. The van der Waals surface area contributed by atoms with Gasteiger partial charge in [-0.2, -0.15) is 0 Å². The summed E-state index contributed by atoms with van der Waals surface area (Å²) < 4.78 is 0. The molecule has 0 saturated carbocycles. The Balaban J connectivity index is 1.87. The molecule has 16 heavy (non-hydrogen) atoms. The maximum Gasteiger partial charge on any atom is 0.320 e. The Hall–Kier alpha value is -0.770. The van der Waals surface area contributed by atoms with Gasteiger partial charge in [0.1, 0.15) is 0 Å². The summed E-state index contributed by atoms with van der Waals surface area (Å²) in [5.74, 6) is 0.516. The Morgan fingerprint density at radius 3 is 2.44 bits per heavy atom. The van der Waals surface area contributed by atoms with Crippen LogP contribution < -0.4 is 5.73 Å². The standard InChI is InChI=1S/C12H23N3O/c13-9-11-5-4-8-15(10-11)12(16)14-6-2-1-3-7-14/h11H,1-10,13H2. The monoisotopic (exact) mass is 225 g/mol. The number of rotatable bonds is 1. The molecule has 0 bridgehead atoms. The second-order valence-corrected chi connectivity index (χ2v) is 5.02. The molecule has 4 heteroatoms. The second-order valence-electron chi connectivity index (χ2n) is 5.02. The fourth-order valence-corrected chi connectivity index (χ4v) is 2.72. The van der Waals surface area contributed by atoms with Crippen LogP contribution in [0, 0.1) is 5.92 Å². The minimum absolute atomic E-state index is 0.248. The number of nitrogens with two attached hydrogens (primary N) is 1. The maximum absolute atomic E-state index is 12.2. The molecule has 1 atom stereocenters. The van der Waals surface area contributed by atoms with Gasteiger partial charge in [-0.3, -0.25) is 0 Å². The highest BCUT2D eigenvalue weighted by Crippen LogP contribution is 2.18. The number of nitrogens with zero attached hydrogens (tertiary/aromatic N) is 2. The molecule has 2 aliphatic rings. The van der Waals surface area contributed by atoms with Gasteiger partial charge in [0, 0.05) is 26.2 Å². The Labute approximate surface area is 97.8 Å². The minimum Gasteiger partial charge on any atom is -0.330 e. The van der Waals surface area contributed by atoms with E-state index in [0.29, 0.717) is 12.5 Å². The predicted molar refractivity (Wildman–Crippen MR) is 64.2 cm³/mol. The SMILES string of the molecule is NCC1CCCN(C(=O)N2CCCCC2)C1. The van der Waals surface area contributed by atoms with Crippen molar-refractivity contribution in [2.24, 2.45) is 11.7 Å². The number of hydrogen-bond acceptors (Lipinski definition) is 2. The molecule has 2 fully saturated rings. The van der Waals surface area contributed by atoms with Crippen molar-refractivity contribution in [3.63, 3.8) is 0 Å². The maximum atomic E-state index is 12.2. The van der Waals surface area contributed by atoms with E-state index in [2.05, 4.69) is 0 Å². The first-order valence-corrected chi connectivity index (χ1v) is 6.55. The zero-order chi connectivity index (χ0) is 11.4. The van der Waals surface area contributed by atoms with Crippen LogP contribution in [0.2, 0.25) is 0 Å². The summed E-state index contributed by atoms with van der Waals surface area (Å²) in [5, 5.41) is 0. The van der Waals surface area contributed by atoms with E-state index in [0.717, 1.165) is 32.6 Å². The quantitative estimate of drug-likeness (QED) is 0.730. The van der Waals surface area contributed by atoms with E-state index < -0.39 is 0 Å². The number of amides is 2. The van der Waals surface area contributed by atoms with Gasteiger partial charge in [-0.05, 0) is 44.6 Å². The van der Waals surface area contributed by atoms with Crippen molar-refractivity contribution in [2.45, 2.75) is 32.1 Å². The largest absolute Gasteiger partial charge is 0.330 e. The van der Waals surface area contributed by atoms with Crippen LogP contribution in [-0.2, 0) is 0 Å². The summed E-state index contributed by atoms with van der Waals surface area (Å²) in [4.78, 5) is 16.2. The van der Waals surface area contributed by atoms with Crippen molar-refractivity contribution in [1.82, 2.24) is 9.80 Å². The number of carbonyl (C=O) groups excluding carboxylic acids is 1. The highest BCUT2D eigenvalue weighted by Gasteiger charge is 2.26. The lowest BCUT2D eigenvalue weighted by Gasteiger charge is -2.37. The van der Waals surface area contributed by atoms with Crippen LogP contribution in [-0.4, -0.2) is 48.6 Å². The molecule has 4 nitrogen and oxygen atoms in total. The van der Waals surface area contributed by atoms with E-state index in [1.807, 2.05) is 9.80 Å². The van der Waals surface area contributed by atoms with Crippen molar-refractivity contribution in [3.05, 3.63) is 0 Å². The van der Waals surface area contributed by atoms with Crippen molar-refractivity contribution in [1.29, 1.82) is 0 Å². The van der Waals surface area contributed by atoms with Crippen molar-refractivity contribution in [2.75, 3.05) is 32.7 Å². The lowest BCUT2D eigenvalue weighted by Crippen LogP contribution is -2.49. The van der Waals surface area contributed by atoms with Crippen LogP contribution in [0.1, 0.15) is 32.1 Å². The normalized spacial score (nSPS) is 26.9. The van der Waals surface area contributed by atoms with Crippen LogP contribution in [0.25, 0.3) is 0 Å². The summed E-state index contributed by atoms with van der Waals surface area (Å²) >= 11 is 0. The fourth-order valence-electron chi connectivity index (χ4n) is 2.72. The van der Waals surface area contributed by atoms with E-state index in [4.69, 9.17) is 5.73 Å². The Kier molecular flexibility index (Phi) is 4.04. The molecular weight excluding hydrogens is 202 g/mol. The van der Waals surface area contributed by atoms with E-state index in [9.17, 15) is 4.79 Å². The lowest BCUT2D eigenvalue weighted by molar-refractivity contribution is 0.122. The average Bonchev–Trinajstić information content (AvgIpc) is 2.39. The van der Waals surface area contributed by atoms with Gasteiger partial charge in [0.2, 0.25) is 0 Å². The van der Waals surface area contributed by atoms with E-state index in [1.54, 1.807) is 0 Å². The Bertz CT molecular complexity index is 238. The molecule has 0 radical (unpaired) electrons. The minimum atomic E-state index is 0.248. The van der Waals surface area contributed by atoms with Gasteiger partial charge in [-0.1, -0.05) is 0 Å². The lowest BCUT2D eigenvalue weighted by atomic mass is 9.98. The molecule has 2 aliphatic heterocycles. The van der Waals surface area contributed by atoms with Gasteiger partial charge in [0.05, 0.1) is 0 Å². The van der Waals surface area contributed by atoms with Crippen molar-refractivity contribution in [3.8, 4) is 0 Å². The molecule has 0 aliphatic carbocycles. The molecule has 0 aromatic rings. The van der Waals surface area contributed by atoms with Crippen LogP contribution in [0.3, 0.4) is 0 Å². The molecule has 2 rings (SSSR count). The van der Waals surface area contributed by atoms with E-state index in [1.165, 1.54) is 25.7 Å². The molecular formula is C12H23N3O. The van der Waals surface area contributed by atoms with Crippen LogP contribution in [0.15, 0.2) is 0 Å². The highest BCUT2D eigenvalue weighted by molar-refractivity contribution is 5.74. The summed E-state index contributed by atoms with van der Waals surface area (Å²) in [5.41, 5.74) is 5.69. The molecule has 2 N–H and O–H groups in total. The van der Waals surface area contributed by atoms with E-state index in [-0.39, 0.29) is 6.03 Å². The first-order chi connectivity index (χ1) is 7.81. The summed E-state index contributed by atoms with van der Waals surface area (Å²) in [6, 6.07) is 0.248. The zero-order valence-corrected chi connectivity index (χ0v) is 10.0. The van der Waals surface area contributed by atoms with Gasteiger partial charge in [-0.25, -0.2) is 4.79 Å². The van der Waals surface area contributed by atoms with Gasteiger partial charge >= 0.3 is 6.03 Å². The number of urea groups is 1. The van der Waals surface area contributed by atoms with Crippen LogP contribution in [0.5, 0.6) is 0 Å². The Morgan fingerprint density at radius 2 is 1.75 bits per heavy atom. The fraction of sp³-hybridized carbons (Fsp3) is 0.917. The third-order valence-corrected chi connectivity index (χ3v) is 3.75. The van der Waals surface area contributed by atoms with Crippen molar-refractivity contribution >= 4 is 6.03 Å². The third kappa shape index (κ3) is 2.67. The number of hydrogen-bond donors (Lipinski definition) is 1. The summed E-state index contributed by atoms with van der Waals surface area (Å²) in [6.07, 6.45) is 5.90. The number of carbonyl (C=O) groups is 1. The molecule has 2 amide bonds. The van der Waals surface area contributed by atoms with Gasteiger partial charge < -0.3 is 15.5 Å². The highest BCUT2D eigenvalue weighted by atomic mass is 16.2. The summed E-state index contributed by atoms with van der Waals surface area (Å²) in [7, 11) is 0. The number of piperidine rings is 2. The van der Waals surface area contributed by atoms with Crippen molar-refractivity contribution < 1.29 is 4.79 Å². The van der Waals surface area contributed by atoms with Crippen LogP contribution in [0.4, 0.5) is 4.79 Å². The predicted octanol–water partition coefficient (Wildman–Crippen LogP) is 1.26. The molecule has 92 valence electrons. The van der Waals surface area contributed by atoms with Crippen LogP contribution >= 0.6 is 0 Å². The molecule has 0 aromatic heterocycles. The smallest absolute Gasteiger partial charge is 0.320 e. The van der Waals surface area contributed by atoms with Gasteiger partial charge in [-0.15, -0.1) is 0 Å². The molecule has 0 spiro atoms. The Morgan fingerprint density at radius 1 is 1.06 bits per heavy atom. The molecule has 0 aromatic carbocycles. The molecule has 2 saturated heterocycles. The summed E-state index contributed by atoms with van der Waals surface area (Å²) in [6.45, 7) is 4.40. The molecule has 1 unspecified atom stereocenters. The first-order valence-electron chi connectivity index (χ1n) is 6.55. The topological polar surface area (TPSA) is 49.6 Å². The third-order valence-electron chi connectivity index (χ3n) is 3.75. The number of likely N-dealkylation sites (tertiary alicyclic amines) is 2. The van der Waals surface area contributed by atoms with Gasteiger partial charge in [0.15, 0.2) is 0 Å². The average molecular weight is 225 g/mol. The zero-order valence-electron chi connectivity index (χ0n) is 10.0. The van der Waals surface area contributed by atoms with Gasteiger partial charge in [0.25, 0.3) is 0 Å². The van der Waals surface area contributed by atoms with E-state index >= 15 is 0 Å².